The van der Waals surface area contributed by atoms with Gasteiger partial charge in [0.05, 0.1) is 19.6 Å². The zero-order chi connectivity index (χ0) is 14.2. The van der Waals surface area contributed by atoms with Gasteiger partial charge in [-0.2, -0.15) is 18.3 Å². The van der Waals surface area contributed by atoms with Crippen LogP contribution in [0.15, 0.2) is 16.9 Å². The van der Waals surface area contributed by atoms with Crippen molar-refractivity contribution in [2.24, 2.45) is 0 Å². The highest BCUT2D eigenvalue weighted by Crippen LogP contribution is 2.36. The summed E-state index contributed by atoms with van der Waals surface area (Å²) in [5.41, 5.74) is -1.91. The van der Waals surface area contributed by atoms with Crippen molar-refractivity contribution >= 4 is 10.8 Å². The Bertz CT molecular complexity index is 679. The van der Waals surface area contributed by atoms with Crippen LogP contribution in [0.1, 0.15) is 5.69 Å². The maximum atomic E-state index is 12.8. The van der Waals surface area contributed by atoms with Gasteiger partial charge in [0.1, 0.15) is 0 Å². The molecule has 0 atom stereocenters. The monoisotopic (exact) mass is 274 g/mol. The maximum Gasteiger partial charge on any atom is 0.435 e. The second-order valence-electron chi connectivity index (χ2n) is 3.65. The van der Waals surface area contributed by atoms with Crippen molar-refractivity contribution in [3.8, 4) is 11.5 Å². The van der Waals surface area contributed by atoms with Gasteiger partial charge in [0.2, 0.25) is 0 Å². The summed E-state index contributed by atoms with van der Waals surface area (Å²) >= 11 is 0. The van der Waals surface area contributed by atoms with E-state index in [1.807, 2.05) is 5.10 Å². The van der Waals surface area contributed by atoms with Gasteiger partial charge in [-0.15, -0.1) is 0 Å². The first-order valence-corrected chi connectivity index (χ1v) is 5.10. The number of alkyl halides is 3. The summed E-state index contributed by atoms with van der Waals surface area (Å²) in [5, 5.41) is 4.36. The molecule has 19 heavy (non-hydrogen) atoms. The molecule has 2 aromatic rings. The Kier molecular flexibility index (Phi) is 3.09. The van der Waals surface area contributed by atoms with Crippen LogP contribution in [0.5, 0.6) is 11.5 Å². The van der Waals surface area contributed by atoms with E-state index < -0.39 is 17.4 Å². The molecule has 0 radical (unpaired) electrons. The van der Waals surface area contributed by atoms with E-state index in [1.54, 1.807) is 0 Å². The van der Waals surface area contributed by atoms with Gasteiger partial charge in [0, 0.05) is 5.39 Å². The van der Waals surface area contributed by atoms with Crippen LogP contribution < -0.4 is 15.0 Å². The first-order chi connectivity index (χ1) is 8.88. The van der Waals surface area contributed by atoms with Crippen molar-refractivity contribution < 1.29 is 22.6 Å². The molecule has 8 heteroatoms. The normalized spacial score (nSPS) is 11.6. The third kappa shape index (κ3) is 2.20. The first-order valence-electron chi connectivity index (χ1n) is 5.10. The number of ether oxygens (including phenoxy) is 2. The lowest BCUT2D eigenvalue weighted by Crippen LogP contribution is -2.17. The van der Waals surface area contributed by atoms with E-state index in [-0.39, 0.29) is 22.3 Å². The zero-order valence-corrected chi connectivity index (χ0v) is 9.96. The third-order valence-corrected chi connectivity index (χ3v) is 2.56. The van der Waals surface area contributed by atoms with Crippen LogP contribution >= 0.6 is 0 Å². The van der Waals surface area contributed by atoms with E-state index in [9.17, 15) is 18.0 Å². The fourth-order valence-electron chi connectivity index (χ4n) is 1.71. The molecule has 1 heterocycles. The maximum absolute atomic E-state index is 12.8. The van der Waals surface area contributed by atoms with Gasteiger partial charge in [0.25, 0.3) is 5.56 Å². The van der Waals surface area contributed by atoms with Gasteiger partial charge in [0.15, 0.2) is 17.2 Å². The van der Waals surface area contributed by atoms with E-state index in [0.717, 1.165) is 6.07 Å². The van der Waals surface area contributed by atoms with E-state index in [2.05, 4.69) is 5.10 Å². The second-order valence-corrected chi connectivity index (χ2v) is 3.65. The molecule has 102 valence electrons. The highest BCUT2D eigenvalue weighted by atomic mass is 19.4. The Balaban J connectivity index is 2.90. The third-order valence-electron chi connectivity index (χ3n) is 2.56. The molecule has 0 fully saturated rings. The fourth-order valence-corrected chi connectivity index (χ4v) is 1.71. The number of nitrogens with one attached hydrogen (secondary N) is 1. The molecule has 5 nitrogen and oxygen atoms in total. The average Bonchev–Trinajstić information content (AvgIpc) is 2.36. The number of nitrogens with zero attached hydrogens (tertiary/aromatic N) is 1. The predicted molar refractivity (Wildman–Crippen MR) is 60.5 cm³/mol. The Morgan fingerprint density at radius 1 is 1.11 bits per heavy atom. The highest BCUT2D eigenvalue weighted by Gasteiger charge is 2.35. The molecule has 2 rings (SSSR count). The fraction of sp³-hybridized carbons (Fsp3) is 0.273. The molecule has 0 saturated heterocycles. The molecule has 0 aliphatic carbocycles. The lowest BCUT2D eigenvalue weighted by Gasteiger charge is -2.12. The van der Waals surface area contributed by atoms with Crippen LogP contribution in [0.3, 0.4) is 0 Å². The van der Waals surface area contributed by atoms with Crippen LogP contribution in [0.4, 0.5) is 13.2 Å². The molecule has 1 aromatic carbocycles. The number of aromatic nitrogens is 2. The van der Waals surface area contributed by atoms with Crippen molar-refractivity contribution in [2.75, 3.05) is 14.2 Å². The Morgan fingerprint density at radius 3 is 2.11 bits per heavy atom. The molecule has 1 N–H and O–H groups in total. The molecule has 1 aromatic heterocycles. The van der Waals surface area contributed by atoms with Gasteiger partial charge >= 0.3 is 6.18 Å². The van der Waals surface area contributed by atoms with Crippen LogP contribution in [-0.2, 0) is 6.18 Å². The number of fused-ring (bicyclic) bond motifs is 1. The minimum absolute atomic E-state index is 0.0906. The lowest BCUT2D eigenvalue weighted by atomic mass is 10.1. The van der Waals surface area contributed by atoms with Crippen LogP contribution in [0.25, 0.3) is 10.8 Å². The molecule has 0 amide bonds. The van der Waals surface area contributed by atoms with Crippen LogP contribution in [0.2, 0.25) is 0 Å². The van der Waals surface area contributed by atoms with E-state index in [4.69, 9.17) is 9.47 Å². The van der Waals surface area contributed by atoms with Gasteiger partial charge in [-0.05, 0) is 12.1 Å². The second kappa shape index (κ2) is 4.45. The molecule has 0 aliphatic heterocycles. The zero-order valence-electron chi connectivity index (χ0n) is 9.96. The largest absolute Gasteiger partial charge is 0.493 e. The summed E-state index contributed by atoms with van der Waals surface area (Å²) in [6.07, 6.45) is -4.68. The van der Waals surface area contributed by atoms with Crippen LogP contribution in [-0.4, -0.2) is 24.4 Å². The number of H-pyrrole nitrogens is 1. The highest BCUT2D eigenvalue weighted by molar-refractivity contribution is 5.87. The molecular formula is C11H9F3N2O3. The first kappa shape index (κ1) is 13.2. The van der Waals surface area contributed by atoms with Crippen molar-refractivity contribution in [1.82, 2.24) is 10.2 Å². The summed E-state index contributed by atoms with van der Waals surface area (Å²) in [4.78, 5) is 11.5. The Labute approximate surface area is 105 Å². The Hall–Kier alpha value is -2.25. The molecule has 0 aliphatic rings. The van der Waals surface area contributed by atoms with Crippen molar-refractivity contribution in [3.05, 3.63) is 28.2 Å². The summed E-state index contributed by atoms with van der Waals surface area (Å²) < 4.78 is 48.3. The number of methoxy groups -OCH3 is 2. The lowest BCUT2D eigenvalue weighted by molar-refractivity contribution is -0.140. The molecule has 0 saturated carbocycles. The average molecular weight is 274 g/mol. The van der Waals surface area contributed by atoms with Gasteiger partial charge < -0.3 is 9.47 Å². The van der Waals surface area contributed by atoms with Crippen molar-refractivity contribution in [2.45, 2.75) is 6.18 Å². The number of hydrogen-bond donors (Lipinski definition) is 1. The molecule has 0 unspecified atom stereocenters. The topological polar surface area (TPSA) is 64.2 Å². The Morgan fingerprint density at radius 2 is 1.63 bits per heavy atom. The number of aromatic amines is 1. The van der Waals surface area contributed by atoms with E-state index in [0.29, 0.717) is 0 Å². The van der Waals surface area contributed by atoms with Crippen molar-refractivity contribution in [3.63, 3.8) is 0 Å². The number of benzene rings is 1. The van der Waals surface area contributed by atoms with Gasteiger partial charge in [-0.25, -0.2) is 5.10 Å². The van der Waals surface area contributed by atoms with Crippen LogP contribution in [0, 0.1) is 0 Å². The van der Waals surface area contributed by atoms with Crippen molar-refractivity contribution in [1.29, 1.82) is 0 Å². The SMILES string of the molecule is COc1cc2c(C(F)(F)F)n[nH]c(=O)c2cc1OC. The smallest absolute Gasteiger partial charge is 0.435 e. The summed E-state index contributed by atoms with van der Waals surface area (Å²) in [6, 6.07) is 2.27. The molecule has 0 bridgehead atoms. The number of hydrogen-bond acceptors (Lipinski definition) is 4. The quantitative estimate of drug-likeness (QED) is 0.909. The van der Waals surface area contributed by atoms with E-state index in [1.165, 1.54) is 20.3 Å². The van der Waals surface area contributed by atoms with Gasteiger partial charge in [-0.1, -0.05) is 0 Å². The minimum atomic E-state index is -4.68. The van der Waals surface area contributed by atoms with Gasteiger partial charge in [-0.3, -0.25) is 4.79 Å². The minimum Gasteiger partial charge on any atom is -0.493 e. The molecular weight excluding hydrogens is 265 g/mol. The summed E-state index contributed by atoms with van der Waals surface area (Å²) in [6.45, 7) is 0. The van der Waals surface area contributed by atoms with E-state index >= 15 is 0 Å². The number of halogens is 3. The standard InChI is InChI=1S/C11H9F3N2O3/c1-18-7-3-5-6(4-8(7)19-2)10(17)16-15-9(5)11(12,13)14/h3-4H,1-2H3,(H,16,17). The number of rotatable bonds is 2. The summed E-state index contributed by atoms with van der Waals surface area (Å²) in [7, 11) is 2.61. The molecule has 0 spiro atoms. The summed E-state index contributed by atoms with van der Waals surface area (Å²) in [5.74, 6) is 0.257. The predicted octanol–water partition coefficient (Wildman–Crippen LogP) is 1.96.